The molecule has 0 amide bonds. The molecule has 4 unspecified atom stereocenters. The Hall–Kier alpha value is -0.290. The predicted octanol–water partition coefficient (Wildman–Crippen LogP) is 2.97. The van der Waals surface area contributed by atoms with Gasteiger partial charge in [-0.05, 0) is 32.1 Å². The maximum absolute atomic E-state index is 13.0. The van der Waals surface area contributed by atoms with Gasteiger partial charge in [0.25, 0.3) is 0 Å². The molecule has 0 aromatic carbocycles. The third-order valence-electron chi connectivity index (χ3n) is 4.35. The number of rotatable bonds is 2. The Morgan fingerprint density at radius 3 is 2.33 bits per heavy atom. The molecule has 0 heterocycles. The van der Waals surface area contributed by atoms with Crippen molar-refractivity contribution >= 4 is 0 Å². The maximum Gasteiger partial charge on any atom is 0.393 e. The van der Waals surface area contributed by atoms with E-state index in [0.717, 1.165) is 32.1 Å². The summed E-state index contributed by atoms with van der Waals surface area (Å²) in [4.78, 5) is 0. The Morgan fingerprint density at radius 2 is 1.67 bits per heavy atom. The molecular formula is C13H23F3N2. The Kier molecular flexibility index (Phi) is 4.54. The molecule has 106 valence electrons. The zero-order valence-corrected chi connectivity index (χ0v) is 10.7. The monoisotopic (exact) mass is 264 g/mol. The van der Waals surface area contributed by atoms with E-state index in [9.17, 15) is 13.2 Å². The standard InChI is InChI=1S/C13H23F3N2/c14-13(15,16)11-6-1-2-7-12(11)18-10-5-3-4-9(17)8-10/h9-12,18H,1-8,17H2. The summed E-state index contributed by atoms with van der Waals surface area (Å²) < 4.78 is 38.9. The van der Waals surface area contributed by atoms with Gasteiger partial charge in [-0.2, -0.15) is 13.2 Å². The van der Waals surface area contributed by atoms with Gasteiger partial charge in [-0.25, -0.2) is 0 Å². The highest BCUT2D eigenvalue weighted by molar-refractivity contribution is 4.90. The third-order valence-corrected chi connectivity index (χ3v) is 4.35. The number of nitrogens with two attached hydrogens (primary N) is 1. The van der Waals surface area contributed by atoms with Crippen molar-refractivity contribution in [1.29, 1.82) is 0 Å². The van der Waals surface area contributed by atoms with Crippen molar-refractivity contribution in [3.8, 4) is 0 Å². The molecule has 5 heteroatoms. The number of hydrogen-bond acceptors (Lipinski definition) is 2. The predicted molar refractivity (Wildman–Crippen MR) is 65.2 cm³/mol. The topological polar surface area (TPSA) is 38.0 Å². The fourth-order valence-corrected chi connectivity index (χ4v) is 3.40. The number of nitrogens with one attached hydrogen (secondary N) is 1. The Balaban J connectivity index is 1.93. The summed E-state index contributed by atoms with van der Waals surface area (Å²) in [6, 6.07) is -0.0556. The van der Waals surface area contributed by atoms with Crippen molar-refractivity contribution in [1.82, 2.24) is 5.32 Å². The molecule has 18 heavy (non-hydrogen) atoms. The van der Waals surface area contributed by atoms with Gasteiger partial charge in [0.05, 0.1) is 5.92 Å². The first-order valence-corrected chi connectivity index (χ1v) is 7.05. The van der Waals surface area contributed by atoms with E-state index in [0.29, 0.717) is 12.8 Å². The molecule has 2 aliphatic carbocycles. The molecule has 3 N–H and O–H groups in total. The molecule has 0 aromatic rings. The average Bonchev–Trinajstić information content (AvgIpc) is 2.28. The molecule has 2 saturated carbocycles. The molecule has 0 spiro atoms. The van der Waals surface area contributed by atoms with Crippen LogP contribution in [0.2, 0.25) is 0 Å². The van der Waals surface area contributed by atoms with Crippen LogP contribution in [-0.2, 0) is 0 Å². The van der Waals surface area contributed by atoms with Gasteiger partial charge in [-0.1, -0.05) is 19.3 Å². The molecule has 0 saturated heterocycles. The van der Waals surface area contributed by atoms with Crippen LogP contribution in [0, 0.1) is 5.92 Å². The van der Waals surface area contributed by atoms with Crippen molar-refractivity contribution in [2.45, 2.75) is 75.7 Å². The van der Waals surface area contributed by atoms with Crippen LogP contribution in [0.1, 0.15) is 51.4 Å². The normalized spacial score (nSPS) is 38.7. The van der Waals surface area contributed by atoms with E-state index in [-0.39, 0.29) is 18.5 Å². The lowest BCUT2D eigenvalue weighted by Gasteiger charge is -2.38. The van der Waals surface area contributed by atoms with Crippen LogP contribution in [0.3, 0.4) is 0 Å². The summed E-state index contributed by atoms with van der Waals surface area (Å²) in [5.41, 5.74) is 5.89. The number of halogens is 3. The fourth-order valence-electron chi connectivity index (χ4n) is 3.40. The second-order valence-electron chi connectivity index (χ2n) is 5.83. The van der Waals surface area contributed by atoms with E-state index >= 15 is 0 Å². The van der Waals surface area contributed by atoms with Crippen molar-refractivity contribution in [3.05, 3.63) is 0 Å². The molecule has 0 bridgehead atoms. The van der Waals surface area contributed by atoms with Crippen LogP contribution in [0.4, 0.5) is 13.2 Å². The highest BCUT2D eigenvalue weighted by atomic mass is 19.4. The smallest absolute Gasteiger partial charge is 0.328 e. The lowest BCUT2D eigenvalue weighted by molar-refractivity contribution is -0.189. The molecule has 2 fully saturated rings. The van der Waals surface area contributed by atoms with Crippen molar-refractivity contribution in [2.75, 3.05) is 0 Å². The lowest BCUT2D eigenvalue weighted by atomic mass is 9.82. The molecular weight excluding hydrogens is 241 g/mol. The van der Waals surface area contributed by atoms with Gasteiger partial charge >= 0.3 is 6.18 Å². The van der Waals surface area contributed by atoms with Crippen molar-refractivity contribution < 1.29 is 13.2 Å². The Labute approximate surface area is 106 Å². The van der Waals surface area contributed by atoms with Crippen LogP contribution in [0.15, 0.2) is 0 Å². The number of alkyl halides is 3. The van der Waals surface area contributed by atoms with E-state index in [1.165, 1.54) is 0 Å². The molecule has 0 aliphatic heterocycles. The second-order valence-corrected chi connectivity index (χ2v) is 5.83. The summed E-state index contributed by atoms with van der Waals surface area (Å²) in [6.45, 7) is 0. The molecule has 2 nitrogen and oxygen atoms in total. The van der Waals surface area contributed by atoms with Crippen molar-refractivity contribution in [3.63, 3.8) is 0 Å². The summed E-state index contributed by atoms with van der Waals surface area (Å²) in [7, 11) is 0. The zero-order chi connectivity index (χ0) is 13.2. The molecule has 4 atom stereocenters. The molecule has 2 rings (SSSR count). The number of hydrogen-bond donors (Lipinski definition) is 2. The Morgan fingerprint density at radius 1 is 0.944 bits per heavy atom. The van der Waals surface area contributed by atoms with Crippen LogP contribution in [0.25, 0.3) is 0 Å². The van der Waals surface area contributed by atoms with E-state index in [2.05, 4.69) is 5.32 Å². The van der Waals surface area contributed by atoms with Gasteiger partial charge in [0.1, 0.15) is 0 Å². The molecule has 2 aliphatic rings. The quantitative estimate of drug-likeness (QED) is 0.804. The van der Waals surface area contributed by atoms with Gasteiger partial charge < -0.3 is 11.1 Å². The van der Waals surface area contributed by atoms with E-state index in [4.69, 9.17) is 5.73 Å². The first-order valence-electron chi connectivity index (χ1n) is 7.05. The first-order chi connectivity index (χ1) is 8.47. The fraction of sp³-hybridized carbons (Fsp3) is 1.00. The highest BCUT2D eigenvalue weighted by Crippen LogP contribution is 2.38. The summed E-state index contributed by atoms with van der Waals surface area (Å²) >= 11 is 0. The maximum atomic E-state index is 13.0. The summed E-state index contributed by atoms with van der Waals surface area (Å²) in [5, 5.41) is 3.24. The Bertz CT molecular complexity index is 267. The second kappa shape index (κ2) is 5.78. The van der Waals surface area contributed by atoms with Crippen molar-refractivity contribution in [2.24, 2.45) is 11.7 Å². The minimum atomic E-state index is -4.06. The van der Waals surface area contributed by atoms with Gasteiger partial charge in [0.2, 0.25) is 0 Å². The average molecular weight is 264 g/mol. The van der Waals surface area contributed by atoms with E-state index in [1.807, 2.05) is 0 Å². The first kappa shape index (κ1) is 14.1. The van der Waals surface area contributed by atoms with Crippen LogP contribution >= 0.6 is 0 Å². The highest BCUT2D eigenvalue weighted by Gasteiger charge is 2.45. The minimum Gasteiger partial charge on any atom is -0.328 e. The summed E-state index contributed by atoms with van der Waals surface area (Å²) in [5.74, 6) is -1.16. The minimum absolute atomic E-state index is 0.157. The lowest BCUT2D eigenvalue weighted by Crippen LogP contribution is -2.51. The molecule has 0 radical (unpaired) electrons. The largest absolute Gasteiger partial charge is 0.393 e. The van der Waals surface area contributed by atoms with Crippen LogP contribution < -0.4 is 11.1 Å². The zero-order valence-electron chi connectivity index (χ0n) is 10.7. The van der Waals surface area contributed by atoms with Crippen LogP contribution in [0.5, 0.6) is 0 Å². The van der Waals surface area contributed by atoms with Crippen LogP contribution in [-0.4, -0.2) is 24.3 Å². The van der Waals surface area contributed by atoms with E-state index < -0.39 is 18.1 Å². The van der Waals surface area contributed by atoms with Gasteiger partial charge in [0.15, 0.2) is 0 Å². The molecule has 0 aromatic heterocycles. The SMILES string of the molecule is NC1CCCC(NC2CCCCC2C(F)(F)F)C1. The van der Waals surface area contributed by atoms with E-state index in [1.54, 1.807) is 0 Å². The van der Waals surface area contributed by atoms with Gasteiger partial charge in [-0.15, -0.1) is 0 Å². The van der Waals surface area contributed by atoms with Gasteiger partial charge in [-0.3, -0.25) is 0 Å². The van der Waals surface area contributed by atoms with Gasteiger partial charge in [0, 0.05) is 18.1 Å². The third kappa shape index (κ3) is 3.60. The summed E-state index contributed by atoms with van der Waals surface area (Å²) in [6.07, 6.45) is 2.30.